The third-order valence-electron chi connectivity index (χ3n) is 13.6. The molecule has 0 N–H and O–H groups in total. The Bertz CT molecular complexity index is 885. The number of allylic oxidation sites excluding steroid dienone is 2. The van der Waals surface area contributed by atoms with Gasteiger partial charge in [-0.2, -0.15) is 0 Å². The molecule has 0 saturated heterocycles. The summed E-state index contributed by atoms with van der Waals surface area (Å²) in [5.74, 6) is 3.66. The van der Waals surface area contributed by atoms with Crippen molar-refractivity contribution < 1.29 is 9.53 Å². The van der Waals surface area contributed by atoms with E-state index in [2.05, 4.69) is 61.5 Å². The normalized spacial score (nSPS) is 54.0. The van der Waals surface area contributed by atoms with E-state index in [0.29, 0.717) is 27.6 Å². The highest BCUT2D eigenvalue weighted by molar-refractivity contribution is 5.66. The van der Waals surface area contributed by atoms with Gasteiger partial charge in [0.25, 0.3) is 0 Å². The molecule has 0 bridgehead atoms. The molecule has 0 aromatic rings. The topological polar surface area (TPSA) is 26.3 Å². The van der Waals surface area contributed by atoms with E-state index in [1.165, 1.54) is 51.4 Å². The smallest absolute Gasteiger partial charge is 0.302 e. The minimum absolute atomic E-state index is 0.0450. The first-order valence-corrected chi connectivity index (χ1v) is 14.6. The molecule has 0 aromatic carbocycles. The van der Waals surface area contributed by atoms with Crippen molar-refractivity contribution in [3.63, 3.8) is 0 Å². The van der Waals surface area contributed by atoms with E-state index < -0.39 is 0 Å². The van der Waals surface area contributed by atoms with Gasteiger partial charge >= 0.3 is 5.97 Å². The number of carbonyl (C=O) groups is 1. The number of hydrogen-bond acceptors (Lipinski definition) is 2. The van der Waals surface area contributed by atoms with Gasteiger partial charge in [-0.25, -0.2) is 0 Å². The Hall–Kier alpha value is -0.790. The zero-order valence-electron chi connectivity index (χ0n) is 23.7. The quantitative estimate of drug-likeness (QED) is 0.284. The standard InChI is InChI=1S/C32H52O2/c1-20-12-15-29(6)18-19-31(8)23(27(29)21(20)2)10-11-25-30(7)16-14-26(34-22(3)33)28(4,5)24(30)13-17-32(25,31)9/h10,20-21,24-27H,11-19H2,1-9H3/t20-,21+,24-,25-,26-,27-,29-,30-,31-,32+/m0/s1. The molecule has 0 aromatic heterocycles. The summed E-state index contributed by atoms with van der Waals surface area (Å²) in [6, 6.07) is 0. The number of esters is 1. The lowest BCUT2D eigenvalue weighted by Gasteiger charge is -2.71. The van der Waals surface area contributed by atoms with Crippen LogP contribution in [0.2, 0.25) is 0 Å². The highest BCUT2D eigenvalue weighted by atomic mass is 16.5. The van der Waals surface area contributed by atoms with E-state index in [-0.39, 0.29) is 17.5 Å². The molecule has 5 aliphatic rings. The molecule has 34 heavy (non-hydrogen) atoms. The lowest BCUT2D eigenvalue weighted by Crippen LogP contribution is -2.65. The lowest BCUT2D eigenvalue weighted by atomic mass is 9.33. The first-order valence-electron chi connectivity index (χ1n) is 14.6. The third-order valence-corrected chi connectivity index (χ3v) is 13.6. The molecule has 0 unspecified atom stereocenters. The zero-order chi connectivity index (χ0) is 24.9. The van der Waals surface area contributed by atoms with Crippen LogP contribution in [0.25, 0.3) is 0 Å². The molecule has 192 valence electrons. The molecule has 2 nitrogen and oxygen atoms in total. The fraction of sp³-hybridized carbons (Fsp3) is 0.906. The van der Waals surface area contributed by atoms with E-state index in [9.17, 15) is 4.79 Å². The summed E-state index contributed by atoms with van der Waals surface area (Å²) in [7, 11) is 0. The Balaban J connectivity index is 1.54. The SMILES string of the molecule is CC(=O)O[C@H]1CC[C@@]2(C)[C@@H](CC[C@]3(C)[C@H]2CC=C2[C@@H]4[C@H](C)[C@@H](C)CC[C@@]4(C)CC[C@@]23C)C1(C)C. The molecule has 4 fully saturated rings. The Labute approximate surface area is 210 Å². The second-order valence-corrected chi connectivity index (χ2v) is 15.3. The summed E-state index contributed by atoms with van der Waals surface area (Å²) < 4.78 is 5.91. The van der Waals surface area contributed by atoms with E-state index in [1.54, 1.807) is 6.92 Å². The lowest BCUT2D eigenvalue weighted by molar-refractivity contribution is -0.212. The maximum atomic E-state index is 11.9. The molecule has 0 amide bonds. The maximum Gasteiger partial charge on any atom is 0.302 e. The summed E-state index contributed by atoms with van der Waals surface area (Å²) in [5, 5.41) is 0. The number of rotatable bonds is 1. The van der Waals surface area contributed by atoms with Gasteiger partial charge in [-0.1, -0.05) is 67.0 Å². The van der Waals surface area contributed by atoms with Gasteiger partial charge in [0.1, 0.15) is 6.10 Å². The monoisotopic (exact) mass is 468 g/mol. The molecule has 0 spiro atoms. The summed E-state index contributed by atoms with van der Waals surface area (Å²) in [4.78, 5) is 11.9. The van der Waals surface area contributed by atoms with Gasteiger partial charge in [0.2, 0.25) is 0 Å². The van der Waals surface area contributed by atoms with Crippen molar-refractivity contribution in [2.24, 2.45) is 56.7 Å². The predicted octanol–water partition coefficient (Wildman–Crippen LogP) is 8.60. The van der Waals surface area contributed by atoms with E-state index in [1.807, 2.05) is 5.57 Å². The van der Waals surface area contributed by atoms with Crippen molar-refractivity contribution >= 4 is 5.97 Å². The average Bonchev–Trinajstić information content (AvgIpc) is 2.74. The fourth-order valence-electron chi connectivity index (χ4n) is 11.2. The third kappa shape index (κ3) is 3.08. The summed E-state index contributed by atoms with van der Waals surface area (Å²) in [6.45, 7) is 22.1. The molecule has 5 rings (SSSR count). The van der Waals surface area contributed by atoms with Crippen LogP contribution in [0.4, 0.5) is 0 Å². The van der Waals surface area contributed by atoms with Crippen molar-refractivity contribution in [3.8, 4) is 0 Å². The Morgan fingerprint density at radius 1 is 0.882 bits per heavy atom. The molecule has 10 atom stereocenters. The van der Waals surface area contributed by atoms with Crippen molar-refractivity contribution in [1.82, 2.24) is 0 Å². The summed E-state index contributed by atoms with van der Waals surface area (Å²) in [5.41, 5.74) is 3.44. The Morgan fingerprint density at radius 2 is 1.59 bits per heavy atom. The second-order valence-electron chi connectivity index (χ2n) is 15.3. The van der Waals surface area contributed by atoms with Gasteiger partial charge in [0.05, 0.1) is 0 Å². The van der Waals surface area contributed by atoms with Crippen LogP contribution in [0.15, 0.2) is 11.6 Å². The van der Waals surface area contributed by atoms with E-state index >= 15 is 0 Å². The van der Waals surface area contributed by atoms with Crippen LogP contribution in [0.1, 0.15) is 120 Å². The Morgan fingerprint density at radius 3 is 2.26 bits per heavy atom. The largest absolute Gasteiger partial charge is 0.462 e. The minimum atomic E-state index is -0.110. The number of fused-ring (bicyclic) bond motifs is 7. The average molecular weight is 469 g/mol. The van der Waals surface area contributed by atoms with Gasteiger partial charge in [0.15, 0.2) is 0 Å². The summed E-state index contributed by atoms with van der Waals surface area (Å²) >= 11 is 0. The highest BCUT2D eigenvalue weighted by Crippen LogP contribution is 2.75. The van der Waals surface area contributed by atoms with Crippen molar-refractivity contribution in [2.45, 2.75) is 126 Å². The van der Waals surface area contributed by atoms with Crippen LogP contribution in [0.5, 0.6) is 0 Å². The molecule has 5 aliphatic carbocycles. The van der Waals surface area contributed by atoms with Gasteiger partial charge in [0, 0.05) is 12.3 Å². The molecule has 2 heteroatoms. The van der Waals surface area contributed by atoms with Gasteiger partial charge in [-0.15, -0.1) is 0 Å². The predicted molar refractivity (Wildman–Crippen MR) is 140 cm³/mol. The van der Waals surface area contributed by atoms with E-state index in [4.69, 9.17) is 4.74 Å². The fourth-order valence-corrected chi connectivity index (χ4v) is 11.2. The van der Waals surface area contributed by atoms with Crippen molar-refractivity contribution in [2.75, 3.05) is 0 Å². The van der Waals surface area contributed by atoms with Crippen molar-refractivity contribution in [3.05, 3.63) is 11.6 Å². The molecule has 0 heterocycles. The molecular weight excluding hydrogens is 416 g/mol. The molecular formula is C32H52O2. The van der Waals surface area contributed by atoms with Crippen LogP contribution < -0.4 is 0 Å². The van der Waals surface area contributed by atoms with Gasteiger partial charge < -0.3 is 4.74 Å². The maximum absolute atomic E-state index is 11.9. The number of carbonyl (C=O) groups excluding carboxylic acids is 1. The van der Waals surface area contributed by atoms with Crippen molar-refractivity contribution in [1.29, 1.82) is 0 Å². The van der Waals surface area contributed by atoms with Crippen LogP contribution >= 0.6 is 0 Å². The van der Waals surface area contributed by atoms with Gasteiger partial charge in [-0.05, 0) is 109 Å². The Kier molecular flexibility index (Phi) is 5.57. The number of ether oxygens (including phenoxy) is 1. The molecule has 0 radical (unpaired) electrons. The second kappa shape index (κ2) is 7.61. The van der Waals surface area contributed by atoms with Crippen LogP contribution in [-0.4, -0.2) is 12.1 Å². The highest BCUT2D eigenvalue weighted by Gasteiger charge is 2.68. The zero-order valence-corrected chi connectivity index (χ0v) is 23.7. The first-order chi connectivity index (χ1) is 15.7. The minimum Gasteiger partial charge on any atom is -0.462 e. The van der Waals surface area contributed by atoms with Crippen LogP contribution in [0.3, 0.4) is 0 Å². The van der Waals surface area contributed by atoms with E-state index in [0.717, 1.165) is 30.1 Å². The number of hydrogen-bond donors (Lipinski definition) is 0. The van der Waals surface area contributed by atoms with Crippen LogP contribution in [-0.2, 0) is 9.53 Å². The summed E-state index contributed by atoms with van der Waals surface area (Å²) in [6.07, 6.45) is 14.6. The molecule has 4 saturated carbocycles. The first kappa shape index (κ1) is 24.9. The van der Waals surface area contributed by atoms with Crippen LogP contribution in [0, 0.1) is 56.7 Å². The van der Waals surface area contributed by atoms with Gasteiger partial charge in [-0.3, -0.25) is 4.79 Å². The molecule has 0 aliphatic heterocycles.